The number of aromatic nitrogens is 1. The number of carbonyl (C=O) groups excluding carboxylic acids is 1. The van der Waals surface area contributed by atoms with Crippen molar-refractivity contribution >= 4 is 33.9 Å². The van der Waals surface area contributed by atoms with Crippen molar-refractivity contribution in [3.8, 4) is 0 Å². The second-order valence-corrected chi connectivity index (χ2v) is 8.08. The zero-order valence-corrected chi connectivity index (χ0v) is 16.2. The molecule has 1 amide bonds. The van der Waals surface area contributed by atoms with Crippen LogP contribution >= 0.6 is 11.3 Å². The van der Waals surface area contributed by atoms with E-state index in [0.717, 1.165) is 41.2 Å². The van der Waals surface area contributed by atoms with Crippen LogP contribution in [-0.4, -0.2) is 28.9 Å². The van der Waals surface area contributed by atoms with Gasteiger partial charge in [0.1, 0.15) is 15.5 Å². The summed E-state index contributed by atoms with van der Waals surface area (Å²) in [5, 5.41) is 4.75. The number of carbonyl (C=O) groups is 1. The number of benzene rings is 1. The molecule has 7 heteroatoms. The van der Waals surface area contributed by atoms with Crippen molar-refractivity contribution in [3.63, 3.8) is 0 Å². The normalized spacial score (nSPS) is 14.7. The third-order valence-electron chi connectivity index (χ3n) is 4.88. The second kappa shape index (κ2) is 7.25. The van der Waals surface area contributed by atoms with Crippen LogP contribution < -0.4 is 10.9 Å². The Bertz CT molecular complexity index is 1060. The van der Waals surface area contributed by atoms with Crippen LogP contribution in [0.15, 0.2) is 33.6 Å². The van der Waals surface area contributed by atoms with Gasteiger partial charge in [-0.15, -0.1) is 11.3 Å². The molecular weight excluding hydrogens is 362 g/mol. The molecule has 27 heavy (non-hydrogen) atoms. The molecule has 140 valence electrons. The van der Waals surface area contributed by atoms with Gasteiger partial charge < -0.3 is 9.73 Å². The summed E-state index contributed by atoms with van der Waals surface area (Å²) in [6.07, 6.45) is 4.12. The van der Waals surface area contributed by atoms with Crippen LogP contribution in [0.3, 0.4) is 0 Å². The van der Waals surface area contributed by atoms with Gasteiger partial charge in [0, 0.05) is 17.1 Å². The van der Waals surface area contributed by atoms with Crippen LogP contribution in [0.4, 0.5) is 5.69 Å². The number of thiazole rings is 1. The Balaban J connectivity index is 1.55. The first kappa shape index (κ1) is 17.9. The van der Waals surface area contributed by atoms with Crippen LogP contribution in [0.1, 0.15) is 38.6 Å². The average molecular weight is 383 g/mol. The van der Waals surface area contributed by atoms with Gasteiger partial charge in [0.05, 0.1) is 12.7 Å². The Hall–Kier alpha value is -2.51. The lowest BCUT2D eigenvalue weighted by atomic mass is 10.1. The Morgan fingerprint density at radius 1 is 1.22 bits per heavy atom. The van der Waals surface area contributed by atoms with Crippen LogP contribution in [0.5, 0.6) is 0 Å². The molecule has 0 radical (unpaired) electrons. The van der Waals surface area contributed by atoms with E-state index in [1.54, 1.807) is 12.3 Å². The third kappa shape index (κ3) is 3.79. The van der Waals surface area contributed by atoms with E-state index in [1.807, 2.05) is 19.9 Å². The number of aryl methyl sites for hydroxylation is 2. The number of rotatable bonds is 4. The number of fused-ring (bicyclic) bond motifs is 1. The van der Waals surface area contributed by atoms with Crippen molar-refractivity contribution in [2.24, 2.45) is 0 Å². The molecule has 1 saturated heterocycles. The highest BCUT2D eigenvalue weighted by Gasteiger charge is 2.17. The highest BCUT2D eigenvalue weighted by atomic mass is 32.1. The lowest BCUT2D eigenvalue weighted by molar-refractivity contribution is 0.103. The summed E-state index contributed by atoms with van der Waals surface area (Å²) in [4.78, 5) is 31.6. The molecular formula is C20H21N3O3S. The molecule has 2 aromatic heterocycles. The summed E-state index contributed by atoms with van der Waals surface area (Å²) in [6.45, 7) is 6.75. The van der Waals surface area contributed by atoms with Crippen molar-refractivity contribution < 1.29 is 9.21 Å². The molecule has 4 rings (SSSR count). The van der Waals surface area contributed by atoms with E-state index in [2.05, 4.69) is 15.2 Å². The molecule has 0 unspecified atom stereocenters. The van der Waals surface area contributed by atoms with E-state index in [0.29, 0.717) is 16.1 Å². The third-order valence-corrected chi connectivity index (χ3v) is 5.86. The van der Waals surface area contributed by atoms with E-state index in [1.165, 1.54) is 30.2 Å². The van der Waals surface area contributed by atoms with Crippen molar-refractivity contribution in [1.29, 1.82) is 0 Å². The monoisotopic (exact) mass is 383 g/mol. The summed E-state index contributed by atoms with van der Waals surface area (Å²) >= 11 is 1.44. The summed E-state index contributed by atoms with van der Waals surface area (Å²) in [5.74, 6) is -0.169. The molecule has 6 nitrogen and oxygen atoms in total. The number of nitrogens with zero attached hydrogens (tertiary/aromatic N) is 2. The zero-order chi connectivity index (χ0) is 19.0. The molecule has 1 aliphatic rings. The molecule has 0 atom stereocenters. The molecule has 3 aromatic rings. The first-order chi connectivity index (χ1) is 13.0. The number of likely N-dealkylation sites (tertiary alicyclic amines) is 1. The fourth-order valence-electron chi connectivity index (χ4n) is 3.41. The molecule has 1 fully saturated rings. The van der Waals surface area contributed by atoms with E-state index < -0.39 is 0 Å². The second-order valence-electron chi connectivity index (χ2n) is 6.97. The quantitative estimate of drug-likeness (QED) is 0.695. The summed E-state index contributed by atoms with van der Waals surface area (Å²) < 4.78 is 5.25. The molecule has 1 aliphatic heterocycles. The maximum absolute atomic E-state index is 12.7. The molecule has 0 bridgehead atoms. The van der Waals surface area contributed by atoms with Gasteiger partial charge in [-0.1, -0.05) is 0 Å². The number of amides is 1. The van der Waals surface area contributed by atoms with E-state index >= 15 is 0 Å². The molecule has 3 heterocycles. The van der Waals surface area contributed by atoms with Gasteiger partial charge in [-0.25, -0.2) is 9.78 Å². The van der Waals surface area contributed by atoms with Crippen molar-refractivity contribution in [1.82, 2.24) is 9.88 Å². The minimum Gasteiger partial charge on any atom is -0.423 e. The van der Waals surface area contributed by atoms with Crippen molar-refractivity contribution in [2.75, 3.05) is 18.4 Å². The van der Waals surface area contributed by atoms with E-state index in [4.69, 9.17) is 4.42 Å². The Morgan fingerprint density at radius 3 is 2.78 bits per heavy atom. The topological polar surface area (TPSA) is 75.4 Å². The minimum absolute atomic E-state index is 0.169. The summed E-state index contributed by atoms with van der Waals surface area (Å²) in [6, 6.07) is 5.09. The zero-order valence-electron chi connectivity index (χ0n) is 15.4. The van der Waals surface area contributed by atoms with Gasteiger partial charge in [-0.2, -0.15) is 0 Å². The van der Waals surface area contributed by atoms with Crippen LogP contribution in [-0.2, 0) is 6.54 Å². The smallest absolute Gasteiger partial charge is 0.336 e. The van der Waals surface area contributed by atoms with Crippen molar-refractivity contribution in [3.05, 3.63) is 55.8 Å². The maximum Gasteiger partial charge on any atom is 0.336 e. The lowest BCUT2D eigenvalue weighted by Crippen LogP contribution is -2.18. The van der Waals surface area contributed by atoms with Gasteiger partial charge in [0.25, 0.3) is 5.91 Å². The molecule has 0 spiro atoms. The largest absolute Gasteiger partial charge is 0.423 e. The minimum atomic E-state index is -0.369. The van der Waals surface area contributed by atoms with Gasteiger partial charge in [-0.05, 0) is 63.0 Å². The standard InChI is InChI=1S/C20H21N3O3S/c1-12-8-19(24)26-16-7-13(2)15(9-14(12)16)22-20(25)17-10-21-18(27-17)11-23-5-3-4-6-23/h7-10H,3-6,11H2,1-2H3,(H,22,25). The maximum atomic E-state index is 12.7. The number of anilines is 1. The van der Waals surface area contributed by atoms with Gasteiger partial charge in [0.2, 0.25) is 0 Å². The fraction of sp³-hybridized carbons (Fsp3) is 0.350. The van der Waals surface area contributed by atoms with Gasteiger partial charge >= 0.3 is 5.63 Å². The Labute approximate surface area is 160 Å². The van der Waals surface area contributed by atoms with Crippen LogP contribution in [0, 0.1) is 13.8 Å². The lowest BCUT2D eigenvalue weighted by Gasteiger charge is -2.11. The fourth-order valence-corrected chi connectivity index (χ4v) is 4.26. The Morgan fingerprint density at radius 2 is 2.00 bits per heavy atom. The number of hydrogen-bond acceptors (Lipinski definition) is 6. The van der Waals surface area contributed by atoms with E-state index in [9.17, 15) is 9.59 Å². The highest BCUT2D eigenvalue weighted by Crippen LogP contribution is 2.26. The first-order valence-corrected chi connectivity index (χ1v) is 9.85. The van der Waals surface area contributed by atoms with Crippen LogP contribution in [0.25, 0.3) is 11.0 Å². The average Bonchev–Trinajstić information content (AvgIpc) is 3.28. The molecule has 1 N–H and O–H groups in total. The molecule has 0 aliphatic carbocycles. The highest BCUT2D eigenvalue weighted by molar-refractivity contribution is 7.13. The predicted octanol–water partition coefficient (Wildman–Crippen LogP) is 3.71. The molecule has 1 aromatic carbocycles. The van der Waals surface area contributed by atoms with Crippen molar-refractivity contribution in [2.45, 2.75) is 33.2 Å². The Kier molecular flexibility index (Phi) is 4.80. The first-order valence-electron chi connectivity index (χ1n) is 9.03. The van der Waals surface area contributed by atoms with Gasteiger partial charge in [-0.3, -0.25) is 9.69 Å². The summed E-state index contributed by atoms with van der Waals surface area (Å²) in [5.41, 5.74) is 2.53. The summed E-state index contributed by atoms with van der Waals surface area (Å²) in [7, 11) is 0. The SMILES string of the molecule is Cc1cc2oc(=O)cc(C)c2cc1NC(=O)c1cnc(CN2CCCC2)s1. The van der Waals surface area contributed by atoms with E-state index in [-0.39, 0.29) is 11.5 Å². The number of nitrogens with one attached hydrogen (secondary N) is 1. The number of hydrogen-bond donors (Lipinski definition) is 1. The molecule has 0 saturated carbocycles. The van der Waals surface area contributed by atoms with Crippen LogP contribution in [0.2, 0.25) is 0 Å². The predicted molar refractivity (Wildman–Crippen MR) is 107 cm³/mol. The van der Waals surface area contributed by atoms with Gasteiger partial charge in [0.15, 0.2) is 0 Å².